The SMILES string of the molecule is CNC(=O)c1nc2ccccc2s1. The predicted octanol–water partition coefficient (Wildman–Crippen LogP) is 1.66. The van der Waals surface area contributed by atoms with Crippen LogP contribution in [0.2, 0.25) is 0 Å². The van der Waals surface area contributed by atoms with Crippen LogP contribution in [0.5, 0.6) is 0 Å². The van der Waals surface area contributed by atoms with Crippen molar-refractivity contribution in [3.05, 3.63) is 29.3 Å². The zero-order valence-corrected chi connectivity index (χ0v) is 7.89. The predicted molar refractivity (Wildman–Crippen MR) is 53.0 cm³/mol. The average Bonchev–Trinajstić information content (AvgIpc) is 2.59. The maximum atomic E-state index is 11.2. The Kier molecular flexibility index (Phi) is 1.98. The molecule has 1 aromatic carbocycles. The van der Waals surface area contributed by atoms with Crippen molar-refractivity contribution >= 4 is 27.5 Å². The molecule has 0 saturated carbocycles. The molecule has 4 heteroatoms. The topological polar surface area (TPSA) is 42.0 Å². The van der Waals surface area contributed by atoms with Gasteiger partial charge < -0.3 is 5.32 Å². The molecule has 1 amide bonds. The van der Waals surface area contributed by atoms with Gasteiger partial charge in [-0.05, 0) is 12.1 Å². The van der Waals surface area contributed by atoms with Gasteiger partial charge in [0.2, 0.25) is 0 Å². The molecule has 0 aliphatic rings. The van der Waals surface area contributed by atoms with Crippen molar-refractivity contribution in [2.45, 2.75) is 0 Å². The third-order valence-electron chi connectivity index (χ3n) is 1.72. The van der Waals surface area contributed by atoms with Crippen molar-refractivity contribution in [2.75, 3.05) is 7.05 Å². The minimum Gasteiger partial charge on any atom is -0.353 e. The number of para-hydroxylation sites is 1. The number of aromatic nitrogens is 1. The van der Waals surface area contributed by atoms with Crippen LogP contribution in [0.1, 0.15) is 9.80 Å². The van der Waals surface area contributed by atoms with Crippen molar-refractivity contribution in [1.82, 2.24) is 10.3 Å². The Hall–Kier alpha value is -1.42. The molecule has 0 atom stereocenters. The first-order valence-corrected chi connectivity index (χ1v) is 4.70. The molecule has 0 unspecified atom stereocenters. The fourth-order valence-electron chi connectivity index (χ4n) is 1.08. The van der Waals surface area contributed by atoms with Crippen LogP contribution in [0.15, 0.2) is 24.3 Å². The number of rotatable bonds is 1. The number of nitrogens with zero attached hydrogens (tertiary/aromatic N) is 1. The molecule has 1 heterocycles. The van der Waals surface area contributed by atoms with Gasteiger partial charge in [-0.25, -0.2) is 4.98 Å². The normalized spacial score (nSPS) is 10.2. The van der Waals surface area contributed by atoms with E-state index in [1.807, 2.05) is 24.3 Å². The third-order valence-corrected chi connectivity index (χ3v) is 2.75. The minimum atomic E-state index is -0.124. The highest BCUT2D eigenvalue weighted by Gasteiger charge is 2.08. The number of thiazole rings is 1. The third kappa shape index (κ3) is 1.40. The van der Waals surface area contributed by atoms with Crippen LogP contribution < -0.4 is 5.32 Å². The number of hydrogen-bond acceptors (Lipinski definition) is 3. The lowest BCUT2D eigenvalue weighted by atomic mass is 10.3. The zero-order valence-electron chi connectivity index (χ0n) is 7.07. The Morgan fingerprint density at radius 2 is 2.23 bits per heavy atom. The van der Waals surface area contributed by atoms with Gasteiger partial charge in [-0.1, -0.05) is 12.1 Å². The molecule has 0 radical (unpaired) electrons. The number of carbonyl (C=O) groups excluding carboxylic acids is 1. The molecule has 3 nitrogen and oxygen atoms in total. The summed E-state index contributed by atoms with van der Waals surface area (Å²) in [5.74, 6) is -0.124. The van der Waals surface area contributed by atoms with E-state index in [0.29, 0.717) is 5.01 Å². The molecule has 1 aromatic heterocycles. The summed E-state index contributed by atoms with van der Waals surface area (Å²) >= 11 is 1.41. The van der Waals surface area contributed by atoms with E-state index in [1.54, 1.807) is 7.05 Å². The molecule has 2 aromatic rings. The summed E-state index contributed by atoms with van der Waals surface area (Å²) in [5, 5.41) is 3.07. The molecular weight excluding hydrogens is 184 g/mol. The van der Waals surface area contributed by atoms with E-state index in [-0.39, 0.29) is 5.91 Å². The molecule has 0 aliphatic heterocycles. The molecule has 0 aliphatic carbocycles. The molecule has 0 spiro atoms. The standard InChI is InChI=1S/C9H8N2OS/c1-10-8(12)9-11-6-4-2-3-5-7(6)13-9/h2-5H,1H3,(H,10,12). The number of hydrogen-bond donors (Lipinski definition) is 1. The van der Waals surface area contributed by atoms with E-state index in [1.165, 1.54) is 11.3 Å². The molecule has 13 heavy (non-hydrogen) atoms. The van der Waals surface area contributed by atoms with Gasteiger partial charge in [0.1, 0.15) is 0 Å². The van der Waals surface area contributed by atoms with E-state index in [2.05, 4.69) is 10.3 Å². The van der Waals surface area contributed by atoms with Crippen molar-refractivity contribution in [2.24, 2.45) is 0 Å². The summed E-state index contributed by atoms with van der Waals surface area (Å²) < 4.78 is 1.04. The van der Waals surface area contributed by atoms with Crippen molar-refractivity contribution in [3.8, 4) is 0 Å². The number of amides is 1. The van der Waals surface area contributed by atoms with Gasteiger partial charge >= 0.3 is 0 Å². The Morgan fingerprint density at radius 1 is 1.46 bits per heavy atom. The van der Waals surface area contributed by atoms with Gasteiger partial charge in [-0.3, -0.25) is 4.79 Å². The van der Waals surface area contributed by atoms with E-state index >= 15 is 0 Å². The summed E-state index contributed by atoms with van der Waals surface area (Å²) in [6.07, 6.45) is 0. The highest BCUT2D eigenvalue weighted by atomic mass is 32.1. The lowest BCUT2D eigenvalue weighted by Crippen LogP contribution is -2.17. The van der Waals surface area contributed by atoms with Crippen LogP contribution in [0.4, 0.5) is 0 Å². The van der Waals surface area contributed by atoms with Crippen LogP contribution in [0, 0.1) is 0 Å². The molecule has 0 bridgehead atoms. The van der Waals surface area contributed by atoms with Gasteiger partial charge in [-0.15, -0.1) is 11.3 Å². The Labute approximate surface area is 79.4 Å². The van der Waals surface area contributed by atoms with Crippen LogP contribution in [0.25, 0.3) is 10.2 Å². The van der Waals surface area contributed by atoms with Crippen molar-refractivity contribution in [3.63, 3.8) is 0 Å². The monoisotopic (exact) mass is 192 g/mol. The highest BCUT2D eigenvalue weighted by molar-refractivity contribution is 7.20. The Balaban J connectivity index is 2.56. The summed E-state index contributed by atoms with van der Waals surface area (Å²) in [6.45, 7) is 0. The first-order valence-electron chi connectivity index (χ1n) is 3.89. The second kappa shape index (κ2) is 3.14. The van der Waals surface area contributed by atoms with Gasteiger partial charge in [0.15, 0.2) is 5.01 Å². The quantitative estimate of drug-likeness (QED) is 0.746. The number of carbonyl (C=O) groups is 1. The van der Waals surface area contributed by atoms with Crippen LogP contribution in [0.3, 0.4) is 0 Å². The summed E-state index contributed by atoms with van der Waals surface area (Å²) in [4.78, 5) is 15.4. The highest BCUT2D eigenvalue weighted by Crippen LogP contribution is 2.20. The van der Waals surface area contributed by atoms with E-state index in [0.717, 1.165) is 10.2 Å². The second-order valence-electron chi connectivity index (χ2n) is 2.57. The Bertz CT molecular complexity index is 417. The van der Waals surface area contributed by atoms with E-state index in [4.69, 9.17) is 0 Å². The lowest BCUT2D eigenvalue weighted by molar-refractivity contribution is 0.0963. The molecule has 0 saturated heterocycles. The van der Waals surface area contributed by atoms with Gasteiger partial charge in [-0.2, -0.15) is 0 Å². The summed E-state index contributed by atoms with van der Waals surface area (Å²) in [7, 11) is 1.61. The average molecular weight is 192 g/mol. The fraction of sp³-hybridized carbons (Fsp3) is 0.111. The van der Waals surface area contributed by atoms with Crippen LogP contribution in [-0.4, -0.2) is 17.9 Å². The van der Waals surface area contributed by atoms with E-state index < -0.39 is 0 Å². The number of fused-ring (bicyclic) bond motifs is 1. The number of nitrogens with one attached hydrogen (secondary N) is 1. The lowest BCUT2D eigenvalue weighted by Gasteiger charge is -1.89. The molecule has 66 valence electrons. The maximum absolute atomic E-state index is 11.2. The summed E-state index contributed by atoms with van der Waals surface area (Å²) in [5.41, 5.74) is 0.881. The molecular formula is C9H8N2OS. The largest absolute Gasteiger partial charge is 0.353 e. The van der Waals surface area contributed by atoms with Crippen LogP contribution >= 0.6 is 11.3 Å². The first kappa shape index (κ1) is 8.19. The van der Waals surface area contributed by atoms with Gasteiger partial charge in [0.25, 0.3) is 5.91 Å². The zero-order chi connectivity index (χ0) is 9.26. The Morgan fingerprint density at radius 3 is 2.92 bits per heavy atom. The minimum absolute atomic E-state index is 0.124. The maximum Gasteiger partial charge on any atom is 0.280 e. The smallest absolute Gasteiger partial charge is 0.280 e. The molecule has 0 fully saturated rings. The van der Waals surface area contributed by atoms with Gasteiger partial charge in [0, 0.05) is 7.05 Å². The van der Waals surface area contributed by atoms with Crippen molar-refractivity contribution in [1.29, 1.82) is 0 Å². The van der Waals surface area contributed by atoms with Crippen LogP contribution in [-0.2, 0) is 0 Å². The second-order valence-corrected chi connectivity index (χ2v) is 3.60. The molecule has 1 N–H and O–H groups in total. The van der Waals surface area contributed by atoms with E-state index in [9.17, 15) is 4.79 Å². The molecule has 2 rings (SSSR count). The van der Waals surface area contributed by atoms with Gasteiger partial charge in [0.05, 0.1) is 10.2 Å². The first-order chi connectivity index (χ1) is 6.31. The summed E-state index contributed by atoms with van der Waals surface area (Å²) in [6, 6.07) is 7.71. The fourth-order valence-corrected chi connectivity index (χ4v) is 1.99. The van der Waals surface area contributed by atoms with Crippen molar-refractivity contribution < 1.29 is 4.79 Å². The number of benzene rings is 1.